The zero-order chi connectivity index (χ0) is 19.3. The summed E-state index contributed by atoms with van der Waals surface area (Å²) in [5.74, 6) is 0.688. The Morgan fingerprint density at radius 2 is 1.79 bits per heavy atom. The number of benzene rings is 2. The van der Waals surface area contributed by atoms with Gasteiger partial charge in [0.05, 0.1) is 6.61 Å². The van der Waals surface area contributed by atoms with Gasteiger partial charge in [-0.05, 0) is 42.0 Å². The van der Waals surface area contributed by atoms with Crippen LogP contribution in [0.15, 0.2) is 85.3 Å². The first kappa shape index (κ1) is 17.8. The maximum Gasteiger partial charge on any atom is 0.352 e. The molecule has 28 heavy (non-hydrogen) atoms. The third kappa shape index (κ3) is 3.47. The number of hydrogen-bond donors (Lipinski definition) is 0. The van der Waals surface area contributed by atoms with Crippen molar-refractivity contribution >= 4 is 16.7 Å². The molecule has 140 valence electrons. The van der Waals surface area contributed by atoms with Gasteiger partial charge in [-0.2, -0.15) is 0 Å². The second-order valence-electron chi connectivity index (χ2n) is 6.23. The molecular formula is C23H20N2O3. The lowest BCUT2D eigenvalue weighted by Gasteiger charge is -2.21. The van der Waals surface area contributed by atoms with Crippen molar-refractivity contribution in [2.24, 2.45) is 0 Å². The van der Waals surface area contributed by atoms with E-state index in [0.717, 1.165) is 16.3 Å². The Bertz CT molecular complexity index is 1080. The van der Waals surface area contributed by atoms with E-state index in [2.05, 4.69) is 4.98 Å². The van der Waals surface area contributed by atoms with Crippen LogP contribution in [0.5, 0.6) is 5.75 Å². The molecule has 5 nitrogen and oxygen atoms in total. The van der Waals surface area contributed by atoms with Gasteiger partial charge in [0.15, 0.2) is 11.6 Å². The van der Waals surface area contributed by atoms with Crippen molar-refractivity contribution in [1.29, 1.82) is 0 Å². The molecule has 4 rings (SSSR count). The zero-order valence-corrected chi connectivity index (χ0v) is 15.5. The number of esters is 1. The predicted octanol–water partition coefficient (Wildman–Crippen LogP) is 4.71. The van der Waals surface area contributed by atoms with Crippen molar-refractivity contribution in [2.75, 3.05) is 6.61 Å². The summed E-state index contributed by atoms with van der Waals surface area (Å²) in [4.78, 5) is 17.2. The Morgan fingerprint density at radius 3 is 2.61 bits per heavy atom. The molecule has 0 fully saturated rings. The molecule has 0 N–H and O–H groups in total. The van der Waals surface area contributed by atoms with Crippen molar-refractivity contribution in [2.45, 2.75) is 13.0 Å². The summed E-state index contributed by atoms with van der Waals surface area (Å²) in [7, 11) is 0. The average Bonchev–Trinajstić information content (AvgIpc) is 3.27. The largest absolute Gasteiger partial charge is 0.470 e. The van der Waals surface area contributed by atoms with Crippen LogP contribution in [0.3, 0.4) is 0 Å². The molecule has 0 spiro atoms. The maximum absolute atomic E-state index is 12.8. The maximum atomic E-state index is 12.8. The van der Waals surface area contributed by atoms with Crippen LogP contribution in [-0.4, -0.2) is 22.1 Å². The molecule has 5 heteroatoms. The Hall–Kier alpha value is -3.60. The lowest BCUT2D eigenvalue weighted by atomic mass is 10.0. The molecule has 2 aromatic carbocycles. The molecule has 0 aliphatic heterocycles. The fourth-order valence-electron chi connectivity index (χ4n) is 3.21. The molecule has 0 aliphatic carbocycles. The Labute approximate surface area is 163 Å². The van der Waals surface area contributed by atoms with Crippen molar-refractivity contribution < 1.29 is 14.3 Å². The Kier molecular flexibility index (Phi) is 5.06. The minimum absolute atomic E-state index is 0.279. The number of ether oxygens (including phenoxy) is 2. The number of aromatic nitrogens is 2. The summed E-state index contributed by atoms with van der Waals surface area (Å²) in [6.45, 7) is 2.06. The first-order valence-electron chi connectivity index (χ1n) is 9.17. The molecule has 0 saturated carbocycles. The van der Waals surface area contributed by atoms with E-state index in [1.54, 1.807) is 25.3 Å². The van der Waals surface area contributed by atoms with Gasteiger partial charge >= 0.3 is 5.97 Å². The third-order valence-electron chi connectivity index (χ3n) is 4.45. The van der Waals surface area contributed by atoms with E-state index < -0.39 is 12.1 Å². The van der Waals surface area contributed by atoms with E-state index in [1.807, 2.05) is 71.6 Å². The highest BCUT2D eigenvalue weighted by molar-refractivity contribution is 5.90. The average molecular weight is 372 g/mol. The van der Waals surface area contributed by atoms with Gasteiger partial charge in [-0.25, -0.2) is 9.78 Å². The van der Waals surface area contributed by atoms with E-state index in [9.17, 15) is 4.79 Å². The van der Waals surface area contributed by atoms with Crippen LogP contribution < -0.4 is 4.74 Å². The molecule has 0 aliphatic rings. The van der Waals surface area contributed by atoms with Crippen LogP contribution >= 0.6 is 0 Å². The first-order chi connectivity index (χ1) is 13.8. The number of rotatable bonds is 6. The number of pyridine rings is 1. The van der Waals surface area contributed by atoms with E-state index in [4.69, 9.17) is 9.47 Å². The summed E-state index contributed by atoms with van der Waals surface area (Å²) >= 11 is 0. The monoisotopic (exact) mass is 372 g/mol. The second kappa shape index (κ2) is 7.96. The number of fused-ring (bicyclic) bond motifs is 1. The summed E-state index contributed by atoms with van der Waals surface area (Å²) in [6, 6.07) is 21.1. The molecule has 2 heterocycles. The highest BCUT2D eigenvalue weighted by atomic mass is 16.6. The van der Waals surface area contributed by atoms with Gasteiger partial charge in [0.1, 0.15) is 0 Å². The predicted molar refractivity (Wildman–Crippen MR) is 108 cm³/mol. The summed E-state index contributed by atoms with van der Waals surface area (Å²) < 4.78 is 13.4. The summed E-state index contributed by atoms with van der Waals surface area (Å²) in [5, 5.41) is 1.99. The van der Waals surface area contributed by atoms with Gasteiger partial charge in [0.25, 0.3) is 0 Å². The van der Waals surface area contributed by atoms with Gasteiger partial charge in [-0.1, -0.05) is 42.5 Å². The van der Waals surface area contributed by atoms with Gasteiger partial charge in [0.2, 0.25) is 6.10 Å². The van der Waals surface area contributed by atoms with E-state index >= 15 is 0 Å². The molecule has 0 saturated heterocycles. The molecule has 2 aromatic heterocycles. The second-order valence-corrected chi connectivity index (χ2v) is 6.23. The Morgan fingerprint density at radius 1 is 1.00 bits per heavy atom. The van der Waals surface area contributed by atoms with Gasteiger partial charge in [-0.15, -0.1) is 0 Å². The standard InChI is InChI=1S/C23H20N2O3/c1-2-27-23(26)21(19-12-7-10-17-9-3-4-11-18(17)19)28-20-13-8-14-24-22(20)25-15-5-6-16-25/h3-16,21H,2H2,1H3. The SMILES string of the molecule is CCOC(=O)C(Oc1cccnc1-n1cccc1)c1cccc2ccccc12. The lowest BCUT2D eigenvalue weighted by Crippen LogP contribution is -2.22. The number of carbonyl (C=O) groups is 1. The van der Waals surface area contributed by atoms with Crippen LogP contribution in [0.4, 0.5) is 0 Å². The van der Waals surface area contributed by atoms with E-state index in [-0.39, 0.29) is 6.61 Å². The quantitative estimate of drug-likeness (QED) is 0.460. The van der Waals surface area contributed by atoms with E-state index in [1.165, 1.54) is 0 Å². The number of hydrogen-bond acceptors (Lipinski definition) is 4. The number of nitrogens with zero attached hydrogens (tertiary/aromatic N) is 2. The van der Waals surface area contributed by atoms with Crippen LogP contribution in [0.2, 0.25) is 0 Å². The molecule has 4 aromatic rings. The normalized spacial score (nSPS) is 11.9. The number of carbonyl (C=O) groups excluding carboxylic acids is 1. The zero-order valence-electron chi connectivity index (χ0n) is 15.5. The first-order valence-corrected chi connectivity index (χ1v) is 9.17. The molecular weight excluding hydrogens is 352 g/mol. The van der Waals surface area contributed by atoms with Gasteiger partial charge in [0, 0.05) is 24.2 Å². The smallest absolute Gasteiger partial charge is 0.352 e. The minimum atomic E-state index is -0.899. The molecule has 1 unspecified atom stereocenters. The highest BCUT2D eigenvalue weighted by Crippen LogP contribution is 2.31. The van der Waals surface area contributed by atoms with E-state index in [0.29, 0.717) is 11.6 Å². The molecule has 0 amide bonds. The highest BCUT2D eigenvalue weighted by Gasteiger charge is 2.27. The molecule has 1 atom stereocenters. The summed E-state index contributed by atoms with van der Waals surface area (Å²) in [5.41, 5.74) is 0.763. The van der Waals surface area contributed by atoms with Crippen molar-refractivity contribution in [3.05, 3.63) is 90.9 Å². The van der Waals surface area contributed by atoms with Gasteiger partial charge < -0.3 is 14.0 Å². The summed E-state index contributed by atoms with van der Waals surface area (Å²) in [6.07, 6.45) is 4.56. The molecule has 0 bridgehead atoms. The van der Waals surface area contributed by atoms with Crippen LogP contribution in [0.25, 0.3) is 16.6 Å². The fraction of sp³-hybridized carbons (Fsp3) is 0.130. The van der Waals surface area contributed by atoms with Crippen molar-refractivity contribution in [3.8, 4) is 11.6 Å². The van der Waals surface area contributed by atoms with Crippen LogP contribution in [0.1, 0.15) is 18.6 Å². The van der Waals surface area contributed by atoms with Gasteiger partial charge in [-0.3, -0.25) is 0 Å². The third-order valence-corrected chi connectivity index (χ3v) is 4.45. The van der Waals surface area contributed by atoms with Crippen molar-refractivity contribution in [1.82, 2.24) is 9.55 Å². The topological polar surface area (TPSA) is 53.4 Å². The van der Waals surface area contributed by atoms with Crippen LogP contribution in [-0.2, 0) is 9.53 Å². The Balaban J connectivity index is 1.80. The molecule has 0 radical (unpaired) electrons. The lowest BCUT2D eigenvalue weighted by molar-refractivity contribution is -0.151. The minimum Gasteiger partial charge on any atom is -0.470 e. The van der Waals surface area contributed by atoms with Crippen LogP contribution in [0, 0.1) is 0 Å². The van der Waals surface area contributed by atoms with Crippen molar-refractivity contribution in [3.63, 3.8) is 0 Å². The fourth-order valence-corrected chi connectivity index (χ4v) is 3.21.